The van der Waals surface area contributed by atoms with Gasteiger partial charge in [-0.15, -0.1) is 0 Å². The minimum Gasteiger partial charge on any atom is -0.360 e. The number of hydrogen-bond donors (Lipinski definition) is 2. The number of nitrogens with zero attached hydrogens (tertiary/aromatic N) is 1. The van der Waals surface area contributed by atoms with Crippen molar-refractivity contribution in [2.24, 2.45) is 0 Å². The van der Waals surface area contributed by atoms with Gasteiger partial charge in [-0.25, -0.2) is 0 Å². The van der Waals surface area contributed by atoms with Gasteiger partial charge in [0.2, 0.25) is 0 Å². The van der Waals surface area contributed by atoms with E-state index in [1.807, 2.05) is 52.0 Å². The van der Waals surface area contributed by atoms with Crippen molar-refractivity contribution < 1.29 is 4.79 Å². The monoisotopic (exact) mass is 335 g/mol. The molecule has 0 aromatic heterocycles. The minimum atomic E-state index is -0.388. The van der Waals surface area contributed by atoms with Gasteiger partial charge in [-0.3, -0.25) is 4.79 Å². The Balaban J connectivity index is 2.83. The van der Waals surface area contributed by atoms with Crippen LogP contribution in [-0.4, -0.2) is 11.4 Å². The van der Waals surface area contributed by atoms with Crippen LogP contribution in [0.3, 0.4) is 0 Å². The molecule has 1 aromatic carbocycles. The first-order chi connectivity index (χ1) is 9.23. The number of hydrogen-bond acceptors (Lipinski definition) is 3. The first-order valence-electron chi connectivity index (χ1n) is 6.18. The van der Waals surface area contributed by atoms with Crippen LogP contribution in [0.2, 0.25) is 0 Å². The molecule has 0 bridgehead atoms. The molecular weight excluding hydrogens is 318 g/mol. The lowest BCUT2D eigenvalue weighted by molar-refractivity contribution is -0.118. The summed E-state index contributed by atoms with van der Waals surface area (Å²) in [5.41, 5.74) is 1.56. The van der Waals surface area contributed by atoms with E-state index in [-0.39, 0.29) is 17.0 Å². The number of carbonyl (C=O) groups is 1. The maximum absolute atomic E-state index is 11.9. The highest BCUT2D eigenvalue weighted by molar-refractivity contribution is 9.10. The Morgan fingerprint density at radius 3 is 2.55 bits per heavy atom. The van der Waals surface area contributed by atoms with Gasteiger partial charge >= 0.3 is 0 Å². The smallest absolute Gasteiger partial charge is 0.263 e. The predicted octanol–water partition coefficient (Wildman–Crippen LogP) is 3.49. The first-order valence-corrected chi connectivity index (χ1v) is 6.98. The topological polar surface area (TPSA) is 64.9 Å². The second-order valence-electron chi connectivity index (χ2n) is 5.48. The predicted molar refractivity (Wildman–Crippen MR) is 84.1 cm³/mol. The summed E-state index contributed by atoms with van der Waals surface area (Å²) in [7, 11) is 0. The van der Waals surface area contributed by atoms with Crippen LogP contribution in [0.25, 0.3) is 0 Å². The van der Waals surface area contributed by atoms with Gasteiger partial charge in [-0.2, -0.15) is 5.26 Å². The van der Waals surface area contributed by atoms with Crippen LogP contribution in [-0.2, 0) is 4.79 Å². The van der Waals surface area contributed by atoms with E-state index in [1.54, 1.807) is 0 Å². The summed E-state index contributed by atoms with van der Waals surface area (Å²) in [4.78, 5) is 11.9. The van der Waals surface area contributed by atoms with Crippen LogP contribution in [0.4, 0.5) is 5.69 Å². The molecule has 0 atom stereocenters. The van der Waals surface area contributed by atoms with Gasteiger partial charge in [0.1, 0.15) is 11.6 Å². The first kappa shape index (κ1) is 16.3. The molecule has 0 saturated carbocycles. The highest BCUT2D eigenvalue weighted by atomic mass is 79.9. The number of carbonyl (C=O) groups excluding carboxylic acids is 1. The summed E-state index contributed by atoms with van der Waals surface area (Å²) in [6, 6.07) is 7.60. The summed E-state index contributed by atoms with van der Waals surface area (Å²) in [5, 5.41) is 14.8. The normalized spacial score (nSPS) is 11.7. The molecule has 0 aliphatic heterocycles. The van der Waals surface area contributed by atoms with Crippen molar-refractivity contribution in [2.75, 3.05) is 5.32 Å². The molecule has 0 spiro atoms. The molecule has 2 N–H and O–H groups in total. The Kier molecular flexibility index (Phi) is 5.34. The van der Waals surface area contributed by atoms with E-state index in [0.717, 1.165) is 15.7 Å². The highest BCUT2D eigenvalue weighted by Gasteiger charge is 2.17. The molecule has 5 heteroatoms. The fraction of sp³-hybridized carbons (Fsp3) is 0.333. The summed E-state index contributed by atoms with van der Waals surface area (Å²) in [6.45, 7) is 7.57. The fourth-order valence-corrected chi connectivity index (χ4v) is 1.69. The highest BCUT2D eigenvalue weighted by Crippen LogP contribution is 2.20. The summed E-state index contributed by atoms with van der Waals surface area (Å²) in [5.74, 6) is -0.388. The molecule has 1 aromatic rings. The molecule has 0 fully saturated rings. The quantitative estimate of drug-likeness (QED) is 0.656. The maximum Gasteiger partial charge on any atom is 0.263 e. The fourth-order valence-electron chi connectivity index (χ4n) is 1.45. The third-order valence-corrected chi connectivity index (χ3v) is 3.28. The second-order valence-corrected chi connectivity index (χ2v) is 6.34. The number of anilines is 1. The SMILES string of the molecule is Cc1cc(N/C=C(/C#N)C(=O)NC(C)(C)C)ccc1Br. The maximum atomic E-state index is 11.9. The number of aryl methyl sites for hydroxylation is 1. The lowest BCUT2D eigenvalue weighted by atomic mass is 10.1. The molecule has 20 heavy (non-hydrogen) atoms. The Bertz CT molecular complexity index is 580. The van der Waals surface area contributed by atoms with E-state index in [0.29, 0.717) is 0 Å². The zero-order valence-corrected chi connectivity index (χ0v) is 13.6. The molecule has 0 saturated heterocycles. The van der Waals surface area contributed by atoms with Crippen LogP contribution in [0.15, 0.2) is 34.4 Å². The van der Waals surface area contributed by atoms with Crippen molar-refractivity contribution in [1.29, 1.82) is 5.26 Å². The van der Waals surface area contributed by atoms with Crippen molar-refractivity contribution in [3.05, 3.63) is 40.0 Å². The van der Waals surface area contributed by atoms with Gasteiger partial charge in [-0.1, -0.05) is 15.9 Å². The largest absolute Gasteiger partial charge is 0.360 e. The van der Waals surface area contributed by atoms with Crippen molar-refractivity contribution in [2.45, 2.75) is 33.2 Å². The van der Waals surface area contributed by atoms with Crippen LogP contribution < -0.4 is 10.6 Å². The summed E-state index contributed by atoms with van der Waals surface area (Å²) >= 11 is 3.42. The average molecular weight is 336 g/mol. The molecule has 106 valence electrons. The van der Waals surface area contributed by atoms with Crippen LogP contribution in [0, 0.1) is 18.3 Å². The number of amides is 1. The van der Waals surface area contributed by atoms with Gasteiger partial charge in [0.25, 0.3) is 5.91 Å². The van der Waals surface area contributed by atoms with Crippen LogP contribution in [0.1, 0.15) is 26.3 Å². The summed E-state index contributed by atoms with van der Waals surface area (Å²) < 4.78 is 1.01. The van der Waals surface area contributed by atoms with Crippen molar-refractivity contribution in [3.8, 4) is 6.07 Å². The van der Waals surface area contributed by atoms with E-state index in [9.17, 15) is 4.79 Å². The molecule has 4 nitrogen and oxygen atoms in total. The molecule has 0 aliphatic rings. The third kappa shape index (κ3) is 5.06. The summed E-state index contributed by atoms with van der Waals surface area (Å²) in [6.07, 6.45) is 1.42. The van der Waals surface area contributed by atoms with Gasteiger partial charge in [0.05, 0.1) is 0 Å². The lowest BCUT2D eigenvalue weighted by Gasteiger charge is -2.20. The zero-order chi connectivity index (χ0) is 15.3. The van der Waals surface area contributed by atoms with Crippen molar-refractivity contribution >= 4 is 27.5 Å². The van der Waals surface area contributed by atoms with Gasteiger partial charge in [0.15, 0.2) is 0 Å². The Labute approximate surface area is 128 Å². The van der Waals surface area contributed by atoms with Crippen molar-refractivity contribution in [1.82, 2.24) is 5.32 Å². The van der Waals surface area contributed by atoms with Crippen molar-refractivity contribution in [3.63, 3.8) is 0 Å². The minimum absolute atomic E-state index is 0.0421. The lowest BCUT2D eigenvalue weighted by Crippen LogP contribution is -2.41. The van der Waals surface area contributed by atoms with E-state index < -0.39 is 0 Å². The Morgan fingerprint density at radius 1 is 1.40 bits per heavy atom. The van der Waals surface area contributed by atoms with E-state index in [2.05, 4.69) is 26.6 Å². The van der Waals surface area contributed by atoms with E-state index in [4.69, 9.17) is 5.26 Å². The molecule has 0 heterocycles. The van der Waals surface area contributed by atoms with E-state index in [1.165, 1.54) is 6.20 Å². The zero-order valence-electron chi connectivity index (χ0n) is 12.0. The van der Waals surface area contributed by atoms with Crippen LogP contribution in [0.5, 0.6) is 0 Å². The van der Waals surface area contributed by atoms with Gasteiger partial charge in [0, 0.05) is 21.9 Å². The molecule has 1 amide bonds. The number of rotatable bonds is 3. The van der Waals surface area contributed by atoms with Crippen LogP contribution >= 0.6 is 15.9 Å². The standard InChI is InChI=1S/C15H18BrN3O/c1-10-7-12(5-6-13(10)16)18-9-11(8-17)14(20)19-15(2,3)4/h5-7,9,18H,1-4H3,(H,19,20)/b11-9-. The number of nitriles is 1. The number of benzene rings is 1. The van der Waals surface area contributed by atoms with Gasteiger partial charge in [-0.05, 0) is 51.5 Å². The van der Waals surface area contributed by atoms with Gasteiger partial charge < -0.3 is 10.6 Å². The third-order valence-electron chi connectivity index (χ3n) is 2.39. The molecular formula is C15H18BrN3O. The number of halogens is 1. The Morgan fingerprint density at radius 2 is 2.05 bits per heavy atom. The molecule has 0 radical (unpaired) electrons. The average Bonchev–Trinajstić information content (AvgIpc) is 2.32. The Hall–Kier alpha value is -1.80. The molecule has 1 rings (SSSR count). The van der Waals surface area contributed by atoms with E-state index >= 15 is 0 Å². The number of nitrogens with one attached hydrogen (secondary N) is 2. The molecule has 0 unspecified atom stereocenters. The second kappa shape index (κ2) is 6.58. The molecule has 0 aliphatic carbocycles.